The highest BCUT2D eigenvalue weighted by Gasteiger charge is 2.43. The topological polar surface area (TPSA) is 76.6 Å². The molecule has 6 nitrogen and oxygen atoms in total. The molecule has 0 radical (unpaired) electrons. The Hall–Kier alpha value is -3.54. The van der Waals surface area contributed by atoms with Gasteiger partial charge in [0, 0.05) is 17.1 Å². The molecule has 1 unspecified atom stereocenters. The summed E-state index contributed by atoms with van der Waals surface area (Å²) in [7, 11) is 0. The van der Waals surface area contributed by atoms with Gasteiger partial charge in [-0.3, -0.25) is 19.5 Å². The normalized spacial score (nSPS) is 14.3. The van der Waals surface area contributed by atoms with Crippen molar-refractivity contribution in [1.29, 1.82) is 0 Å². The molecule has 0 N–H and O–H groups in total. The Balaban J connectivity index is 1.58. The standard InChI is InChI=1S/C24H22N2O4/c1-15(2)13-20(26-22(27)18-10-3-4-11-19(18)23(26)28)24(29)30-14-17-8-5-7-16-9-6-12-25-21(16)17/h3-12,15,20H,13-14H2,1-2H3. The van der Waals surface area contributed by atoms with Crippen LogP contribution in [0.3, 0.4) is 0 Å². The van der Waals surface area contributed by atoms with E-state index < -0.39 is 23.8 Å². The molecule has 0 saturated carbocycles. The summed E-state index contributed by atoms with van der Waals surface area (Å²) in [6.07, 6.45) is 2.02. The van der Waals surface area contributed by atoms with Crippen molar-refractivity contribution in [3.63, 3.8) is 0 Å². The third-order valence-corrected chi connectivity index (χ3v) is 5.19. The van der Waals surface area contributed by atoms with E-state index in [0.717, 1.165) is 21.4 Å². The van der Waals surface area contributed by atoms with Gasteiger partial charge in [0.25, 0.3) is 11.8 Å². The van der Waals surface area contributed by atoms with Crippen LogP contribution in [-0.2, 0) is 16.1 Å². The molecule has 0 fully saturated rings. The monoisotopic (exact) mass is 402 g/mol. The molecule has 6 heteroatoms. The second-order valence-electron chi connectivity index (χ2n) is 7.77. The lowest BCUT2D eigenvalue weighted by atomic mass is 10.0. The summed E-state index contributed by atoms with van der Waals surface area (Å²) < 4.78 is 5.58. The minimum atomic E-state index is -0.972. The van der Waals surface area contributed by atoms with E-state index in [-0.39, 0.29) is 12.5 Å². The van der Waals surface area contributed by atoms with Crippen molar-refractivity contribution in [3.8, 4) is 0 Å². The van der Waals surface area contributed by atoms with E-state index in [9.17, 15) is 14.4 Å². The van der Waals surface area contributed by atoms with Crippen LogP contribution >= 0.6 is 0 Å². The van der Waals surface area contributed by atoms with E-state index in [4.69, 9.17) is 4.74 Å². The molecule has 2 heterocycles. The predicted octanol–water partition coefficient (Wildman–Crippen LogP) is 3.99. The van der Waals surface area contributed by atoms with E-state index in [1.807, 2.05) is 44.2 Å². The van der Waals surface area contributed by atoms with Gasteiger partial charge in [-0.15, -0.1) is 0 Å². The van der Waals surface area contributed by atoms with Crippen molar-refractivity contribution >= 4 is 28.7 Å². The largest absolute Gasteiger partial charge is 0.459 e. The summed E-state index contributed by atoms with van der Waals surface area (Å²) >= 11 is 0. The summed E-state index contributed by atoms with van der Waals surface area (Å²) in [5, 5.41) is 0.949. The molecule has 1 aromatic heterocycles. The van der Waals surface area contributed by atoms with Crippen molar-refractivity contribution in [2.24, 2.45) is 5.92 Å². The summed E-state index contributed by atoms with van der Waals surface area (Å²) in [6.45, 7) is 3.89. The van der Waals surface area contributed by atoms with Crippen LogP contribution in [0.15, 0.2) is 60.8 Å². The first-order valence-electron chi connectivity index (χ1n) is 9.93. The molecule has 152 valence electrons. The third-order valence-electron chi connectivity index (χ3n) is 5.19. The maximum absolute atomic E-state index is 13.0. The number of fused-ring (bicyclic) bond motifs is 2. The van der Waals surface area contributed by atoms with Crippen molar-refractivity contribution in [3.05, 3.63) is 77.5 Å². The number of ether oxygens (including phenoxy) is 1. The van der Waals surface area contributed by atoms with Crippen LogP contribution in [0.25, 0.3) is 10.9 Å². The van der Waals surface area contributed by atoms with Crippen LogP contribution in [0.2, 0.25) is 0 Å². The van der Waals surface area contributed by atoms with Gasteiger partial charge in [0.2, 0.25) is 0 Å². The number of para-hydroxylation sites is 1. The minimum Gasteiger partial charge on any atom is -0.459 e. The molecule has 2 aromatic carbocycles. The molecule has 2 amide bonds. The van der Waals surface area contributed by atoms with Crippen LogP contribution in [0.1, 0.15) is 46.5 Å². The first-order chi connectivity index (χ1) is 14.5. The minimum absolute atomic E-state index is 0.0188. The number of hydrogen-bond donors (Lipinski definition) is 0. The number of amides is 2. The third kappa shape index (κ3) is 3.56. The number of rotatable bonds is 6. The SMILES string of the molecule is CC(C)CC(C(=O)OCc1cccc2cccnc12)N1C(=O)c2ccccc2C1=O. The molecule has 1 atom stereocenters. The van der Waals surface area contributed by atoms with Gasteiger partial charge in [-0.1, -0.05) is 50.2 Å². The Morgan fingerprint density at radius 2 is 1.63 bits per heavy atom. The fraction of sp³-hybridized carbons (Fsp3) is 0.250. The zero-order chi connectivity index (χ0) is 21.3. The second kappa shape index (κ2) is 8.06. The molecule has 30 heavy (non-hydrogen) atoms. The van der Waals surface area contributed by atoms with E-state index >= 15 is 0 Å². The molecule has 1 aliphatic heterocycles. The molecular weight excluding hydrogens is 380 g/mol. The maximum atomic E-state index is 13.0. The highest BCUT2D eigenvalue weighted by Crippen LogP contribution is 2.28. The highest BCUT2D eigenvalue weighted by molar-refractivity contribution is 6.22. The van der Waals surface area contributed by atoms with E-state index in [0.29, 0.717) is 17.5 Å². The number of hydrogen-bond acceptors (Lipinski definition) is 5. The van der Waals surface area contributed by atoms with Gasteiger partial charge < -0.3 is 4.74 Å². The lowest BCUT2D eigenvalue weighted by Crippen LogP contribution is -2.46. The van der Waals surface area contributed by atoms with Crippen molar-refractivity contribution < 1.29 is 19.1 Å². The molecule has 0 saturated heterocycles. The quantitative estimate of drug-likeness (QED) is 0.460. The van der Waals surface area contributed by atoms with Crippen LogP contribution in [0.4, 0.5) is 0 Å². The number of carbonyl (C=O) groups excluding carboxylic acids is 3. The van der Waals surface area contributed by atoms with Crippen molar-refractivity contribution in [1.82, 2.24) is 9.88 Å². The molecule has 3 aromatic rings. The summed E-state index contributed by atoms with van der Waals surface area (Å²) in [6, 6.07) is 15.1. The first-order valence-corrected chi connectivity index (χ1v) is 9.93. The van der Waals surface area contributed by atoms with Crippen LogP contribution in [-0.4, -0.2) is 33.7 Å². The summed E-state index contributed by atoms with van der Waals surface area (Å²) in [5.41, 5.74) is 2.17. The van der Waals surface area contributed by atoms with Crippen molar-refractivity contribution in [2.45, 2.75) is 32.9 Å². The van der Waals surface area contributed by atoms with Crippen molar-refractivity contribution in [2.75, 3.05) is 0 Å². The van der Waals surface area contributed by atoms with Gasteiger partial charge in [0.1, 0.15) is 12.6 Å². The Morgan fingerprint density at radius 1 is 0.967 bits per heavy atom. The number of pyridine rings is 1. The van der Waals surface area contributed by atoms with E-state index in [1.165, 1.54) is 0 Å². The molecule has 0 bridgehead atoms. The number of benzene rings is 2. The number of nitrogens with zero attached hydrogens (tertiary/aromatic N) is 2. The Labute approximate surface area is 174 Å². The number of esters is 1. The fourth-order valence-corrected chi connectivity index (χ4v) is 3.77. The van der Waals surface area contributed by atoms with E-state index in [1.54, 1.807) is 30.5 Å². The van der Waals surface area contributed by atoms with Crippen LogP contribution < -0.4 is 0 Å². The Bertz CT molecular complexity index is 1100. The first kappa shape index (κ1) is 19.8. The lowest BCUT2D eigenvalue weighted by molar-refractivity contribution is -0.150. The van der Waals surface area contributed by atoms with E-state index in [2.05, 4.69) is 4.98 Å². The average Bonchev–Trinajstić information content (AvgIpc) is 3.00. The van der Waals surface area contributed by atoms with Gasteiger partial charge >= 0.3 is 5.97 Å². The maximum Gasteiger partial charge on any atom is 0.329 e. The fourth-order valence-electron chi connectivity index (χ4n) is 3.77. The number of aromatic nitrogens is 1. The molecule has 0 aliphatic carbocycles. The average molecular weight is 402 g/mol. The number of imide groups is 1. The zero-order valence-corrected chi connectivity index (χ0v) is 16.9. The van der Waals surface area contributed by atoms with Gasteiger partial charge in [-0.25, -0.2) is 4.79 Å². The van der Waals surface area contributed by atoms with Crippen LogP contribution in [0, 0.1) is 5.92 Å². The van der Waals surface area contributed by atoms with Gasteiger partial charge in [0.05, 0.1) is 16.6 Å². The molecule has 0 spiro atoms. The Kier molecular flexibility index (Phi) is 5.31. The summed E-state index contributed by atoms with van der Waals surface area (Å²) in [5.74, 6) is -1.41. The Morgan fingerprint density at radius 3 is 2.30 bits per heavy atom. The number of carbonyl (C=O) groups is 3. The predicted molar refractivity (Wildman–Crippen MR) is 112 cm³/mol. The van der Waals surface area contributed by atoms with Gasteiger partial charge in [-0.2, -0.15) is 0 Å². The van der Waals surface area contributed by atoms with Gasteiger partial charge in [-0.05, 0) is 30.5 Å². The van der Waals surface area contributed by atoms with Crippen LogP contribution in [0.5, 0.6) is 0 Å². The molecule has 4 rings (SSSR count). The molecular formula is C24H22N2O4. The smallest absolute Gasteiger partial charge is 0.329 e. The van der Waals surface area contributed by atoms with Gasteiger partial charge in [0.15, 0.2) is 0 Å². The molecule has 1 aliphatic rings. The summed E-state index contributed by atoms with van der Waals surface area (Å²) in [4.78, 5) is 44.2. The lowest BCUT2D eigenvalue weighted by Gasteiger charge is -2.26. The highest BCUT2D eigenvalue weighted by atomic mass is 16.5. The zero-order valence-electron chi connectivity index (χ0n) is 16.9. The second-order valence-corrected chi connectivity index (χ2v) is 7.77.